The van der Waals surface area contributed by atoms with Crippen LogP contribution in [0, 0.1) is 11.6 Å². The Morgan fingerprint density at radius 1 is 1.16 bits per heavy atom. The highest BCUT2D eigenvalue weighted by Crippen LogP contribution is 2.57. The molecule has 1 atom stereocenters. The van der Waals surface area contributed by atoms with Crippen LogP contribution >= 0.6 is 11.8 Å². The van der Waals surface area contributed by atoms with Crippen LogP contribution in [-0.4, -0.2) is 44.6 Å². The summed E-state index contributed by atoms with van der Waals surface area (Å²) in [5.74, 6) is -6.77. The molecule has 31 heavy (non-hydrogen) atoms. The van der Waals surface area contributed by atoms with Crippen LogP contribution in [-0.2, 0) is 28.3 Å². The third-order valence-corrected chi connectivity index (χ3v) is 6.06. The van der Waals surface area contributed by atoms with Gasteiger partial charge >= 0.3 is 13.3 Å². The predicted molar refractivity (Wildman–Crippen MR) is 105 cm³/mol. The fourth-order valence-electron chi connectivity index (χ4n) is 3.85. The van der Waals surface area contributed by atoms with Crippen LogP contribution in [0.3, 0.4) is 0 Å². The van der Waals surface area contributed by atoms with E-state index in [-0.39, 0.29) is 23.4 Å². The van der Waals surface area contributed by atoms with Gasteiger partial charge in [0.2, 0.25) is 5.78 Å². The lowest BCUT2D eigenvalue weighted by molar-refractivity contribution is -0.144. The first-order chi connectivity index (χ1) is 14.6. The number of rotatable bonds is 4. The molecule has 1 aromatic rings. The molecular formula is C19H14BF2NO7S. The zero-order chi connectivity index (χ0) is 22.6. The van der Waals surface area contributed by atoms with E-state index in [1.807, 2.05) is 0 Å². The van der Waals surface area contributed by atoms with Crippen molar-refractivity contribution in [1.29, 1.82) is 0 Å². The Kier molecular flexibility index (Phi) is 5.12. The van der Waals surface area contributed by atoms with E-state index in [2.05, 4.69) is 9.31 Å². The molecular weight excluding hydrogens is 435 g/mol. The largest absolute Gasteiger partial charge is 0.870 e. The zero-order valence-corrected chi connectivity index (χ0v) is 17.3. The van der Waals surface area contributed by atoms with Gasteiger partial charge in [-0.3, -0.25) is 14.4 Å². The number of allylic oxidation sites excluding steroid dienone is 1. The van der Waals surface area contributed by atoms with Crippen LogP contribution in [0.2, 0.25) is 0 Å². The van der Waals surface area contributed by atoms with Gasteiger partial charge in [0, 0.05) is 49.4 Å². The van der Waals surface area contributed by atoms with Crippen LogP contribution < -0.4 is 4.90 Å². The monoisotopic (exact) mass is 449 g/mol. The van der Waals surface area contributed by atoms with Crippen molar-refractivity contribution >= 4 is 48.5 Å². The minimum absolute atomic E-state index is 0.0318. The van der Waals surface area contributed by atoms with E-state index < -0.39 is 54.1 Å². The maximum Gasteiger partial charge on any atom is 0.870 e. The molecule has 0 saturated carbocycles. The molecule has 0 spiro atoms. The summed E-state index contributed by atoms with van der Waals surface area (Å²) in [5, 5.41) is 1.74. The Labute approximate surface area is 179 Å². The van der Waals surface area contributed by atoms with Crippen LogP contribution in [0.1, 0.15) is 35.7 Å². The van der Waals surface area contributed by atoms with E-state index >= 15 is 0 Å². The zero-order valence-electron chi connectivity index (χ0n) is 16.5. The first kappa shape index (κ1) is 21.1. The lowest BCUT2D eigenvalue weighted by atomic mass is 9.76. The third-order valence-electron chi connectivity index (χ3n) is 4.94. The van der Waals surface area contributed by atoms with Crippen molar-refractivity contribution in [3.05, 3.63) is 50.3 Å². The molecule has 8 nitrogen and oxygen atoms in total. The van der Waals surface area contributed by atoms with Crippen LogP contribution in [0.25, 0.3) is 0 Å². The average Bonchev–Trinajstić information content (AvgIpc) is 3.06. The van der Waals surface area contributed by atoms with Crippen LogP contribution in [0.4, 0.5) is 14.5 Å². The number of anilines is 1. The summed E-state index contributed by atoms with van der Waals surface area (Å²) in [6.45, 7) is 2.29. The number of benzene rings is 1. The van der Waals surface area contributed by atoms with Gasteiger partial charge in [-0.25, -0.2) is 13.6 Å². The Balaban J connectivity index is 1.79. The standard InChI is InChI=1S/C19H14BF2NO7S/c1-7(24)28-20(29-8(2)25)30-19(27)14-17(26)10-4-11(21)15(22)16-13(10)12-9(5-23(16)3)6-31-18(12)14/h4,6,12H,5H2,1-3H3. The first-order valence-corrected chi connectivity index (χ1v) is 9.91. The number of nitrogens with zero attached hydrogens (tertiary/aromatic N) is 1. The lowest BCUT2D eigenvalue weighted by Crippen LogP contribution is -2.38. The molecule has 12 heteroatoms. The number of likely N-dealkylation sites (N-methyl/N-ethyl adjacent to an activating group) is 1. The van der Waals surface area contributed by atoms with Gasteiger partial charge in [-0.2, -0.15) is 0 Å². The molecule has 0 fully saturated rings. The normalized spacial score (nSPS) is 18.4. The van der Waals surface area contributed by atoms with Gasteiger partial charge in [0.15, 0.2) is 11.6 Å². The third kappa shape index (κ3) is 3.40. The average molecular weight is 449 g/mol. The lowest BCUT2D eigenvalue weighted by Gasteiger charge is -2.37. The molecule has 4 rings (SSSR count). The number of halogens is 2. The van der Waals surface area contributed by atoms with Crippen molar-refractivity contribution < 1.29 is 41.9 Å². The van der Waals surface area contributed by atoms with Crippen molar-refractivity contribution in [3.8, 4) is 0 Å². The number of hydrogen-bond acceptors (Lipinski definition) is 9. The highest BCUT2D eigenvalue weighted by Gasteiger charge is 2.48. The summed E-state index contributed by atoms with van der Waals surface area (Å²) in [4.78, 5) is 50.3. The minimum atomic E-state index is -2.00. The number of hydrogen-bond donors (Lipinski definition) is 0. The van der Waals surface area contributed by atoms with E-state index in [9.17, 15) is 28.0 Å². The Morgan fingerprint density at radius 2 is 1.81 bits per heavy atom. The van der Waals surface area contributed by atoms with Crippen LogP contribution in [0.15, 0.2) is 27.5 Å². The number of ketones is 1. The second-order valence-electron chi connectivity index (χ2n) is 7.06. The number of thioether (sulfide) groups is 1. The predicted octanol–water partition coefficient (Wildman–Crippen LogP) is 2.23. The molecule has 1 unspecified atom stereocenters. The summed E-state index contributed by atoms with van der Waals surface area (Å²) < 4.78 is 43.1. The van der Waals surface area contributed by atoms with E-state index in [4.69, 9.17) is 4.65 Å². The maximum absolute atomic E-state index is 14.6. The SMILES string of the molecule is CC(=O)OB(OC(C)=O)OC(=O)C1=C2SC=C3CN(C)c4c(F)c(F)cc(c4C32)C1=O. The summed E-state index contributed by atoms with van der Waals surface area (Å²) in [7, 11) is -0.417. The quantitative estimate of drug-likeness (QED) is 0.506. The van der Waals surface area contributed by atoms with E-state index in [1.165, 1.54) is 4.90 Å². The van der Waals surface area contributed by atoms with Crippen molar-refractivity contribution in [2.75, 3.05) is 18.5 Å². The number of carbonyl (C=O) groups excluding carboxylic acids is 4. The van der Waals surface area contributed by atoms with Gasteiger partial charge in [-0.1, -0.05) is 0 Å². The maximum atomic E-state index is 14.6. The molecule has 160 valence electrons. The molecule has 0 amide bonds. The van der Waals surface area contributed by atoms with E-state index in [1.54, 1.807) is 12.5 Å². The van der Waals surface area contributed by atoms with Crippen molar-refractivity contribution in [2.45, 2.75) is 19.8 Å². The summed E-state index contributed by atoms with van der Waals surface area (Å²) in [5.41, 5.74) is 0.481. The molecule has 1 aromatic carbocycles. The number of carbonyl (C=O) groups is 4. The summed E-state index contributed by atoms with van der Waals surface area (Å²) in [6.07, 6.45) is 0. The van der Waals surface area contributed by atoms with Gasteiger partial charge in [-0.15, -0.1) is 11.8 Å². The molecule has 0 saturated heterocycles. The Bertz CT molecular complexity index is 1120. The molecule has 2 heterocycles. The van der Waals surface area contributed by atoms with Gasteiger partial charge in [0.05, 0.1) is 5.69 Å². The van der Waals surface area contributed by atoms with Gasteiger partial charge in [-0.05, 0) is 17.0 Å². The molecule has 3 aliphatic rings. The summed E-state index contributed by atoms with van der Waals surface area (Å²) in [6, 6.07) is 0.760. The topological polar surface area (TPSA) is 99.2 Å². The highest BCUT2D eigenvalue weighted by atomic mass is 32.2. The van der Waals surface area contributed by atoms with E-state index in [0.717, 1.165) is 37.2 Å². The van der Waals surface area contributed by atoms with Crippen molar-refractivity contribution in [1.82, 2.24) is 0 Å². The fraction of sp³-hybridized carbons (Fsp3) is 0.263. The number of Topliss-reactive ketones (excluding diaryl/α,β-unsaturated/α-hetero) is 1. The Hall–Kier alpha value is -3.15. The van der Waals surface area contributed by atoms with E-state index in [0.29, 0.717) is 4.91 Å². The minimum Gasteiger partial charge on any atom is -0.462 e. The highest BCUT2D eigenvalue weighted by molar-refractivity contribution is 8.06. The van der Waals surface area contributed by atoms with Gasteiger partial charge in [0.25, 0.3) is 11.9 Å². The van der Waals surface area contributed by atoms with Crippen molar-refractivity contribution in [2.24, 2.45) is 0 Å². The smallest absolute Gasteiger partial charge is 0.462 e. The Morgan fingerprint density at radius 3 is 2.42 bits per heavy atom. The fourth-order valence-corrected chi connectivity index (χ4v) is 5.04. The first-order valence-electron chi connectivity index (χ1n) is 9.03. The summed E-state index contributed by atoms with van der Waals surface area (Å²) >= 11 is 1.10. The second kappa shape index (κ2) is 7.52. The molecule has 0 bridgehead atoms. The molecule has 0 N–H and O–H groups in total. The molecule has 0 radical (unpaired) electrons. The van der Waals surface area contributed by atoms with Gasteiger partial charge in [0.1, 0.15) is 5.57 Å². The molecule has 0 aromatic heterocycles. The van der Waals surface area contributed by atoms with Gasteiger partial charge < -0.3 is 18.9 Å². The van der Waals surface area contributed by atoms with Crippen molar-refractivity contribution in [3.63, 3.8) is 0 Å². The van der Waals surface area contributed by atoms with Crippen LogP contribution in [0.5, 0.6) is 0 Å². The molecule has 1 aliphatic carbocycles. The molecule has 2 aliphatic heterocycles. The second-order valence-corrected chi connectivity index (χ2v) is 7.97.